The number of carboxylic acids is 1. The Balaban J connectivity index is 1.29. The summed E-state index contributed by atoms with van der Waals surface area (Å²) in [6, 6.07) is 11.2. The van der Waals surface area contributed by atoms with Crippen LogP contribution in [0.3, 0.4) is 0 Å². The van der Waals surface area contributed by atoms with Gasteiger partial charge in [0.25, 0.3) is 0 Å². The van der Waals surface area contributed by atoms with Gasteiger partial charge in [0, 0.05) is 28.8 Å². The van der Waals surface area contributed by atoms with Crippen LogP contribution >= 0.6 is 22.6 Å². The Labute approximate surface area is 202 Å². The largest absolute Gasteiger partial charge is 0.481 e. The molecule has 2 aromatic heterocycles. The quantitative estimate of drug-likeness (QED) is 0.233. The van der Waals surface area contributed by atoms with Crippen molar-refractivity contribution < 1.29 is 19.0 Å². The number of aliphatic carboxylic acids is 1. The zero-order valence-electron chi connectivity index (χ0n) is 17.5. The lowest BCUT2D eigenvalue weighted by atomic mass is 9.80. The molecule has 33 heavy (non-hydrogen) atoms. The molecule has 1 saturated carbocycles. The number of carbonyl (C=O) groups is 1. The lowest BCUT2D eigenvalue weighted by Crippen LogP contribution is -2.35. The average Bonchev–Trinajstić information content (AvgIpc) is 3.20. The van der Waals surface area contributed by atoms with Crippen molar-refractivity contribution in [2.24, 2.45) is 5.92 Å². The number of alkyl halides is 1. The Morgan fingerprint density at radius 1 is 1.15 bits per heavy atom. The average molecular weight is 558 g/mol. The van der Waals surface area contributed by atoms with E-state index in [2.05, 4.69) is 42.5 Å². The van der Waals surface area contributed by atoms with Gasteiger partial charge in [-0.05, 0) is 54.2 Å². The number of aromatic amines is 1. The van der Waals surface area contributed by atoms with Crippen LogP contribution in [-0.2, 0) is 9.22 Å². The number of ether oxygens (including phenoxy) is 1. The van der Waals surface area contributed by atoms with Gasteiger partial charge in [-0.2, -0.15) is 0 Å². The number of nitrogens with one attached hydrogen (secondary N) is 1. The van der Waals surface area contributed by atoms with Crippen molar-refractivity contribution in [3.63, 3.8) is 0 Å². The molecular formula is C24H20FIN4O3. The van der Waals surface area contributed by atoms with E-state index in [4.69, 9.17) is 9.84 Å². The van der Waals surface area contributed by atoms with Gasteiger partial charge in [0.15, 0.2) is 0 Å². The van der Waals surface area contributed by atoms with Gasteiger partial charge in [0.1, 0.15) is 17.7 Å². The van der Waals surface area contributed by atoms with Crippen molar-refractivity contribution in [1.29, 1.82) is 0 Å². The van der Waals surface area contributed by atoms with Crippen molar-refractivity contribution in [2.75, 3.05) is 0 Å². The van der Waals surface area contributed by atoms with E-state index in [0.717, 1.165) is 15.5 Å². The second kappa shape index (κ2) is 9.05. The topological polar surface area (TPSA) is 101 Å². The van der Waals surface area contributed by atoms with Gasteiger partial charge in [-0.3, -0.25) is 4.79 Å². The summed E-state index contributed by atoms with van der Waals surface area (Å²) in [6.45, 7) is 0. The molecule has 0 saturated heterocycles. The molecule has 2 N–H and O–H groups in total. The highest BCUT2D eigenvalue weighted by Gasteiger charge is 2.32. The molecule has 4 aromatic rings. The molecule has 9 heteroatoms. The summed E-state index contributed by atoms with van der Waals surface area (Å²) in [7, 11) is 0. The zero-order chi connectivity index (χ0) is 22.9. The van der Waals surface area contributed by atoms with Crippen LogP contribution in [0.1, 0.15) is 24.8 Å². The first-order valence-corrected chi connectivity index (χ1v) is 12.1. The molecule has 168 valence electrons. The van der Waals surface area contributed by atoms with Gasteiger partial charge in [0.05, 0.1) is 16.6 Å². The molecule has 0 aliphatic heterocycles. The maximum absolute atomic E-state index is 15.0. The van der Waals surface area contributed by atoms with Crippen LogP contribution in [0.4, 0.5) is 4.39 Å². The summed E-state index contributed by atoms with van der Waals surface area (Å²) in [5.41, 5.74) is 4.57. The number of hydrogen-bond donors (Lipinski definition) is 2. The Morgan fingerprint density at radius 3 is 2.64 bits per heavy atom. The first-order chi connectivity index (χ1) is 16.0. The number of aromatic nitrogens is 4. The van der Waals surface area contributed by atoms with Gasteiger partial charge in [-0.25, -0.2) is 19.3 Å². The second-order valence-corrected chi connectivity index (χ2v) is 8.96. The van der Waals surface area contributed by atoms with Gasteiger partial charge in [0.2, 0.25) is 0 Å². The van der Waals surface area contributed by atoms with Gasteiger partial charge in [-0.15, -0.1) is 0 Å². The van der Waals surface area contributed by atoms with Crippen LogP contribution < -0.4 is 4.74 Å². The Bertz CT molecular complexity index is 1320. The third kappa shape index (κ3) is 4.68. The van der Waals surface area contributed by atoms with Crippen molar-refractivity contribution in [3.05, 3.63) is 60.2 Å². The fourth-order valence-corrected chi connectivity index (χ4v) is 4.49. The van der Waals surface area contributed by atoms with Crippen LogP contribution in [0.25, 0.3) is 33.5 Å². The summed E-state index contributed by atoms with van der Waals surface area (Å²) in [6.07, 6.45) is 4.66. The maximum Gasteiger partial charge on any atom is 0.316 e. The van der Waals surface area contributed by atoms with Crippen LogP contribution in [0, 0.1) is 11.7 Å². The van der Waals surface area contributed by atoms with E-state index in [0.29, 0.717) is 35.4 Å². The molecule has 1 aliphatic rings. The number of rotatable bonds is 7. The minimum absolute atomic E-state index is 0.0614. The standard InChI is InChI=1S/C24H20FIN4O3/c25-19-9-15(2-3-18(19)23-29-20-4-1-13(10-26)7-21(20)30-23)16-11-27-24(28-12-16)33-17-5-14(6-17)8-22(31)32/h1-4,7,9,11-12,14,17H,5-6,8,10H2,(H,29,30)(H,31,32). The number of nitrogens with zero attached hydrogens (tertiary/aromatic N) is 3. The number of imidazole rings is 1. The minimum atomic E-state index is -0.789. The molecular weight excluding hydrogens is 538 g/mol. The van der Waals surface area contributed by atoms with Crippen molar-refractivity contribution in [1.82, 2.24) is 19.9 Å². The molecule has 0 bridgehead atoms. The van der Waals surface area contributed by atoms with Crippen LogP contribution in [0.2, 0.25) is 0 Å². The lowest BCUT2D eigenvalue weighted by Gasteiger charge is -2.33. The normalized spacial score (nSPS) is 17.6. The SMILES string of the molecule is O=C(O)CC1CC(Oc2ncc(-c3ccc(-c4nc5ccc(CI)cc5[nH]4)c(F)c3)cn2)C1. The molecule has 0 spiro atoms. The Kier molecular flexibility index (Phi) is 5.96. The molecule has 2 heterocycles. The highest BCUT2D eigenvalue weighted by molar-refractivity contribution is 14.1. The third-order valence-corrected chi connectivity index (χ3v) is 6.69. The van der Waals surface area contributed by atoms with Gasteiger partial charge in [-0.1, -0.05) is 34.7 Å². The minimum Gasteiger partial charge on any atom is -0.481 e. The van der Waals surface area contributed by atoms with E-state index in [1.807, 2.05) is 24.3 Å². The smallest absolute Gasteiger partial charge is 0.316 e. The van der Waals surface area contributed by atoms with Crippen molar-refractivity contribution >= 4 is 39.6 Å². The number of halogens is 2. The Morgan fingerprint density at radius 2 is 1.94 bits per heavy atom. The van der Waals surface area contributed by atoms with Crippen LogP contribution in [-0.4, -0.2) is 37.1 Å². The number of hydrogen-bond acceptors (Lipinski definition) is 5. The molecule has 0 amide bonds. The maximum atomic E-state index is 15.0. The van der Waals surface area contributed by atoms with Gasteiger partial charge >= 0.3 is 12.0 Å². The number of H-pyrrole nitrogens is 1. The third-order valence-electron chi connectivity index (χ3n) is 5.81. The van der Waals surface area contributed by atoms with Crippen molar-refractivity contribution in [3.8, 4) is 28.5 Å². The van der Waals surface area contributed by atoms with Crippen LogP contribution in [0.15, 0.2) is 48.8 Å². The van der Waals surface area contributed by atoms with E-state index in [1.165, 1.54) is 11.6 Å². The fraction of sp³-hybridized carbons (Fsp3) is 0.250. The van der Waals surface area contributed by atoms with Crippen molar-refractivity contribution in [2.45, 2.75) is 29.8 Å². The van der Waals surface area contributed by atoms with E-state index in [1.54, 1.807) is 18.5 Å². The fourth-order valence-electron chi connectivity index (χ4n) is 4.01. The monoisotopic (exact) mass is 558 g/mol. The van der Waals surface area contributed by atoms with E-state index in [9.17, 15) is 9.18 Å². The first-order valence-electron chi connectivity index (χ1n) is 10.5. The Hall–Kier alpha value is -3.08. The van der Waals surface area contributed by atoms with Crippen LogP contribution in [0.5, 0.6) is 6.01 Å². The number of benzene rings is 2. The molecule has 7 nitrogen and oxygen atoms in total. The second-order valence-electron chi connectivity index (χ2n) is 8.19. The summed E-state index contributed by atoms with van der Waals surface area (Å²) in [4.78, 5) is 26.9. The molecule has 0 atom stereocenters. The van der Waals surface area contributed by atoms with E-state index >= 15 is 0 Å². The molecule has 2 aromatic carbocycles. The summed E-state index contributed by atoms with van der Waals surface area (Å²) in [5.74, 6) is -0.544. The summed E-state index contributed by atoms with van der Waals surface area (Å²) in [5, 5.41) is 8.82. The first kappa shape index (κ1) is 21.7. The number of carboxylic acid groups (broad SMARTS) is 1. The lowest BCUT2D eigenvalue weighted by molar-refractivity contribution is -0.139. The molecule has 0 radical (unpaired) electrons. The summed E-state index contributed by atoms with van der Waals surface area (Å²) < 4.78 is 21.5. The molecule has 5 rings (SSSR count). The molecule has 0 unspecified atom stereocenters. The molecule has 1 aliphatic carbocycles. The summed E-state index contributed by atoms with van der Waals surface area (Å²) >= 11 is 2.30. The molecule has 1 fully saturated rings. The van der Waals surface area contributed by atoms with E-state index < -0.39 is 5.97 Å². The van der Waals surface area contributed by atoms with E-state index in [-0.39, 0.29) is 30.3 Å². The highest BCUT2D eigenvalue weighted by Crippen LogP contribution is 2.33. The predicted octanol–water partition coefficient (Wildman–Crippen LogP) is 5.39. The predicted molar refractivity (Wildman–Crippen MR) is 130 cm³/mol. The zero-order valence-corrected chi connectivity index (χ0v) is 19.6. The highest BCUT2D eigenvalue weighted by atomic mass is 127. The number of fused-ring (bicyclic) bond motifs is 1. The van der Waals surface area contributed by atoms with Gasteiger partial charge < -0.3 is 14.8 Å².